The van der Waals surface area contributed by atoms with E-state index in [1.807, 2.05) is 24.8 Å². The maximum atomic E-state index is 13.3. The van der Waals surface area contributed by atoms with Gasteiger partial charge in [-0.15, -0.1) is 0 Å². The molecule has 2 saturated heterocycles. The summed E-state index contributed by atoms with van der Waals surface area (Å²) < 4.78 is 11.7. The van der Waals surface area contributed by atoms with Crippen LogP contribution in [0.2, 0.25) is 5.02 Å². The van der Waals surface area contributed by atoms with Gasteiger partial charge < -0.3 is 14.2 Å². The molecule has 1 aromatic carbocycles. The number of morpholine rings is 1. The Morgan fingerprint density at radius 1 is 1.15 bits per heavy atom. The van der Waals surface area contributed by atoms with Crippen molar-refractivity contribution in [2.75, 3.05) is 11.4 Å². The minimum Gasteiger partial charge on any atom is -0.372 e. The topological polar surface area (TPSA) is 140 Å². The molecule has 2 N–H and O–H groups in total. The first kappa shape index (κ1) is 21.0. The molecule has 4 amide bonds. The van der Waals surface area contributed by atoms with Crippen LogP contribution in [0.3, 0.4) is 0 Å². The van der Waals surface area contributed by atoms with Crippen LogP contribution in [0.5, 0.6) is 0 Å². The Morgan fingerprint density at radius 2 is 1.85 bits per heavy atom. The number of carbonyl (C=O) groups excluding carboxylic acids is 3. The van der Waals surface area contributed by atoms with E-state index < -0.39 is 35.4 Å². The van der Waals surface area contributed by atoms with E-state index in [2.05, 4.69) is 25.8 Å². The highest BCUT2D eigenvalue weighted by atomic mass is 35.5. The summed E-state index contributed by atoms with van der Waals surface area (Å²) in [5.41, 5.74) is 1.24. The third-order valence-electron chi connectivity index (χ3n) is 6.80. The van der Waals surface area contributed by atoms with Gasteiger partial charge in [-0.05, 0) is 31.9 Å². The van der Waals surface area contributed by atoms with Crippen LogP contribution in [0.4, 0.5) is 10.5 Å². The Hall–Kier alpha value is -3.57. The third kappa shape index (κ3) is 2.74. The van der Waals surface area contributed by atoms with Crippen LogP contribution in [-0.2, 0) is 20.7 Å². The van der Waals surface area contributed by atoms with E-state index in [4.69, 9.17) is 20.9 Å². The molecule has 0 unspecified atom stereocenters. The van der Waals surface area contributed by atoms with Crippen LogP contribution >= 0.6 is 11.6 Å². The molecule has 3 atom stereocenters. The van der Waals surface area contributed by atoms with Crippen LogP contribution in [0.15, 0.2) is 29.3 Å². The molecular formula is C22H19ClN6O5. The van der Waals surface area contributed by atoms with Crippen molar-refractivity contribution in [2.45, 2.75) is 38.5 Å². The van der Waals surface area contributed by atoms with Crippen molar-refractivity contribution in [3.8, 4) is 11.3 Å². The zero-order valence-electron chi connectivity index (χ0n) is 18.2. The monoisotopic (exact) mass is 482 g/mol. The molecule has 11 nitrogen and oxygen atoms in total. The second-order valence-electron chi connectivity index (χ2n) is 8.87. The standard InChI is InChI=1S/C22H19ClN6O5/c1-9-7-29-16-11(3-13-15(12-5-24-8-25-6-12)28-34-17(13)14(16)23)4-22(18(29)10(2)33-9)19(30)26-21(32)27-20(22)31/h3,5-6,8-10,18H,4,7H2,1-2H3,(H2,26,27,30,31,32)/t9-,10+,18-/m1/s1. The molecule has 3 aliphatic rings. The van der Waals surface area contributed by atoms with Gasteiger partial charge in [-0.2, -0.15) is 0 Å². The zero-order valence-corrected chi connectivity index (χ0v) is 18.9. The number of halogens is 1. The number of carbonyl (C=O) groups is 3. The van der Waals surface area contributed by atoms with Gasteiger partial charge in [-0.1, -0.05) is 16.8 Å². The number of imide groups is 2. The number of nitrogens with zero attached hydrogens (tertiary/aromatic N) is 4. The van der Waals surface area contributed by atoms with Crippen molar-refractivity contribution >= 4 is 46.1 Å². The SMILES string of the molecule is C[C@@H]1CN2c3c(cc4c(-c5cncnc5)noc4c3Cl)CC3(C(=O)NC(=O)NC3=O)[C@H]2[C@H](C)O1. The third-order valence-corrected chi connectivity index (χ3v) is 7.15. The lowest BCUT2D eigenvalue weighted by Crippen LogP contribution is -2.75. The molecule has 12 heteroatoms. The summed E-state index contributed by atoms with van der Waals surface area (Å²) in [6, 6.07) is 0.300. The van der Waals surface area contributed by atoms with Gasteiger partial charge in [0.2, 0.25) is 11.8 Å². The minimum atomic E-state index is -1.59. The van der Waals surface area contributed by atoms with Crippen LogP contribution < -0.4 is 15.5 Å². The van der Waals surface area contributed by atoms with Gasteiger partial charge in [-0.3, -0.25) is 20.2 Å². The summed E-state index contributed by atoms with van der Waals surface area (Å²) in [4.78, 5) is 48.5. The number of ether oxygens (including phenoxy) is 1. The summed E-state index contributed by atoms with van der Waals surface area (Å²) in [5, 5.41) is 9.68. The van der Waals surface area contributed by atoms with Gasteiger partial charge in [0, 0.05) is 24.5 Å². The first-order chi connectivity index (χ1) is 16.3. The fraction of sp³-hybridized carbons (Fsp3) is 0.364. The van der Waals surface area contributed by atoms with Crippen molar-refractivity contribution in [2.24, 2.45) is 5.41 Å². The Morgan fingerprint density at radius 3 is 2.56 bits per heavy atom. The lowest BCUT2D eigenvalue weighted by Gasteiger charge is -2.55. The van der Waals surface area contributed by atoms with Gasteiger partial charge in [0.15, 0.2) is 11.0 Å². The van der Waals surface area contributed by atoms with Gasteiger partial charge in [0.25, 0.3) is 0 Å². The van der Waals surface area contributed by atoms with E-state index in [0.29, 0.717) is 45.0 Å². The van der Waals surface area contributed by atoms with E-state index >= 15 is 0 Å². The maximum Gasteiger partial charge on any atom is 0.328 e. The van der Waals surface area contributed by atoms with E-state index in [-0.39, 0.29) is 12.5 Å². The molecule has 0 saturated carbocycles. The number of nitrogens with one attached hydrogen (secondary N) is 2. The summed E-state index contributed by atoms with van der Waals surface area (Å²) in [6.07, 6.45) is 3.95. The number of hydrogen-bond acceptors (Lipinski definition) is 9. The van der Waals surface area contributed by atoms with E-state index in [0.717, 1.165) is 0 Å². The van der Waals surface area contributed by atoms with Gasteiger partial charge in [0.05, 0.1) is 29.3 Å². The first-order valence-corrected chi connectivity index (χ1v) is 11.1. The molecule has 174 valence electrons. The van der Waals surface area contributed by atoms with Gasteiger partial charge in [0.1, 0.15) is 17.0 Å². The lowest BCUT2D eigenvalue weighted by molar-refractivity contribution is -0.153. The Bertz CT molecular complexity index is 1360. The summed E-state index contributed by atoms with van der Waals surface area (Å²) in [5.74, 6) is -1.32. The Labute approximate surface area is 197 Å². The molecular weight excluding hydrogens is 464 g/mol. The van der Waals surface area contributed by atoms with Crippen LogP contribution in [0.1, 0.15) is 19.4 Å². The molecule has 5 heterocycles. The molecule has 34 heavy (non-hydrogen) atoms. The first-order valence-electron chi connectivity index (χ1n) is 10.8. The maximum absolute atomic E-state index is 13.3. The van der Waals surface area contributed by atoms with Crippen molar-refractivity contribution in [3.63, 3.8) is 0 Å². The van der Waals surface area contributed by atoms with Crippen LogP contribution in [0, 0.1) is 5.41 Å². The fourth-order valence-electron chi connectivity index (χ4n) is 5.58. The summed E-state index contributed by atoms with van der Waals surface area (Å²) in [6.45, 7) is 4.11. The van der Waals surface area contributed by atoms with E-state index in [1.54, 1.807) is 12.4 Å². The van der Waals surface area contributed by atoms with E-state index in [1.165, 1.54) is 6.33 Å². The molecule has 2 aromatic heterocycles. The van der Waals surface area contributed by atoms with Crippen molar-refractivity contribution in [1.29, 1.82) is 0 Å². The van der Waals surface area contributed by atoms with Gasteiger partial charge in [-0.25, -0.2) is 14.8 Å². The highest BCUT2D eigenvalue weighted by Gasteiger charge is 2.63. The molecule has 3 aliphatic heterocycles. The molecule has 1 spiro atoms. The minimum absolute atomic E-state index is 0.0160. The highest BCUT2D eigenvalue weighted by molar-refractivity contribution is 6.38. The van der Waals surface area contributed by atoms with Crippen molar-refractivity contribution < 1.29 is 23.6 Å². The molecule has 6 rings (SSSR count). The Balaban J connectivity index is 1.61. The van der Waals surface area contributed by atoms with Crippen molar-refractivity contribution in [3.05, 3.63) is 35.4 Å². The lowest BCUT2D eigenvalue weighted by atomic mass is 9.66. The normalized spacial score (nSPS) is 25.7. The number of hydrogen-bond donors (Lipinski definition) is 2. The number of urea groups is 1. The highest BCUT2D eigenvalue weighted by Crippen LogP contribution is 2.51. The average Bonchev–Trinajstić information content (AvgIpc) is 3.21. The average molecular weight is 483 g/mol. The predicted molar refractivity (Wildman–Crippen MR) is 119 cm³/mol. The van der Waals surface area contributed by atoms with Gasteiger partial charge >= 0.3 is 6.03 Å². The number of barbiturate groups is 1. The molecule has 0 aliphatic carbocycles. The van der Waals surface area contributed by atoms with Crippen molar-refractivity contribution in [1.82, 2.24) is 25.8 Å². The number of aromatic nitrogens is 3. The second-order valence-corrected chi connectivity index (χ2v) is 9.25. The number of benzene rings is 1. The molecule has 3 aromatic rings. The van der Waals surface area contributed by atoms with E-state index in [9.17, 15) is 14.4 Å². The fourth-order valence-corrected chi connectivity index (χ4v) is 5.94. The second kappa shape index (κ2) is 7.21. The quantitative estimate of drug-likeness (QED) is 0.497. The number of anilines is 1. The molecule has 2 fully saturated rings. The van der Waals surface area contributed by atoms with Crippen LogP contribution in [0.25, 0.3) is 22.2 Å². The zero-order chi connectivity index (χ0) is 23.8. The number of amides is 4. The summed E-state index contributed by atoms with van der Waals surface area (Å²) in [7, 11) is 0. The largest absolute Gasteiger partial charge is 0.372 e. The summed E-state index contributed by atoms with van der Waals surface area (Å²) >= 11 is 6.90. The number of rotatable bonds is 1. The smallest absolute Gasteiger partial charge is 0.328 e. The molecule has 0 bridgehead atoms. The van der Waals surface area contributed by atoms with Crippen LogP contribution in [-0.4, -0.2) is 57.8 Å². The number of fused-ring (bicyclic) bond motifs is 5. The Kier molecular flexibility index (Phi) is 4.45. The molecule has 0 radical (unpaired) electrons. The predicted octanol–water partition coefficient (Wildman–Crippen LogP) is 1.83.